The lowest BCUT2D eigenvalue weighted by molar-refractivity contribution is 0.733. The molecule has 2 bridgehead atoms. The molecule has 0 amide bonds. The van der Waals surface area contributed by atoms with Crippen LogP contribution in [0.4, 0.5) is 0 Å². The number of alkyl halides is 2. The maximum Gasteiger partial charge on any atom is 0.0890 e. The quantitative estimate of drug-likeness (QED) is 0.674. The monoisotopic (exact) mass is 352 g/mol. The SMILES string of the molecule is Br[C@@H]1[C@@H](Br)[C@H]2C[C@@H]1c1nc3ccccc3nc12. The zero-order valence-corrected chi connectivity index (χ0v) is 12.1. The molecule has 1 saturated carbocycles. The van der Waals surface area contributed by atoms with Crippen molar-refractivity contribution in [3.8, 4) is 0 Å². The second-order valence-corrected chi connectivity index (χ2v) is 6.94. The van der Waals surface area contributed by atoms with Crippen LogP contribution in [-0.4, -0.2) is 19.6 Å². The molecule has 0 aliphatic heterocycles. The number of para-hydroxylation sites is 2. The van der Waals surface area contributed by atoms with E-state index in [0.717, 1.165) is 11.0 Å². The van der Waals surface area contributed by atoms with E-state index in [1.54, 1.807) is 0 Å². The van der Waals surface area contributed by atoms with E-state index >= 15 is 0 Å². The molecule has 2 nitrogen and oxygen atoms in total. The van der Waals surface area contributed by atoms with Crippen molar-refractivity contribution >= 4 is 42.9 Å². The summed E-state index contributed by atoms with van der Waals surface area (Å²) in [5.74, 6) is 1.05. The van der Waals surface area contributed by atoms with Crippen molar-refractivity contribution in [3.05, 3.63) is 35.7 Å². The standard InChI is InChI=1S/C13H10Br2N2/c14-10-6-5-7(11(10)15)13-12(6)16-8-3-1-2-4-9(8)17-13/h1-4,6-7,10-11H,5H2/t6-,7+,10-,11-/m0/s1. The van der Waals surface area contributed by atoms with Gasteiger partial charge in [0.15, 0.2) is 0 Å². The summed E-state index contributed by atoms with van der Waals surface area (Å²) < 4.78 is 0. The van der Waals surface area contributed by atoms with Crippen LogP contribution >= 0.6 is 31.9 Å². The van der Waals surface area contributed by atoms with Crippen molar-refractivity contribution in [1.82, 2.24) is 9.97 Å². The molecule has 1 aromatic carbocycles. The van der Waals surface area contributed by atoms with Crippen molar-refractivity contribution in [2.75, 3.05) is 0 Å². The number of halogens is 2. The zero-order chi connectivity index (χ0) is 11.6. The first kappa shape index (κ1) is 10.4. The van der Waals surface area contributed by atoms with Crippen molar-refractivity contribution < 1.29 is 0 Å². The Morgan fingerprint density at radius 3 is 1.82 bits per heavy atom. The summed E-state index contributed by atoms with van der Waals surface area (Å²) in [5, 5.41) is 0. The van der Waals surface area contributed by atoms with Crippen LogP contribution in [0.3, 0.4) is 0 Å². The largest absolute Gasteiger partial charge is 0.249 e. The van der Waals surface area contributed by atoms with Gasteiger partial charge in [-0.25, -0.2) is 9.97 Å². The third kappa shape index (κ3) is 1.31. The van der Waals surface area contributed by atoms with Gasteiger partial charge < -0.3 is 0 Å². The third-order valence-corrected chi connectivity index (χ3v) is 7.03. The lowest BCUT2D eigenvalue weighted by Crippen LogP contribution is -2.23. The minimum atomic E-state index is 0.496. The molecule has 1 heterocycles. The second-order valence-electron chi connectivity index (χ2n) is 4.82. The van der Waals surface area contributed by atoms with Gasteiger partial charge in [0.1, 0.15) is 0 Å². The molecule has 2 aliphatic carbocycles. The third-order valence-electron chi connectivity index (χ3n) is 3.91. The van der Waals surface area contributed by atoms with E-state index in [9.17, 15) is 0 Å². The Kier molecular flexibility index (Phi) is 2.16. The molecule has 2 aliphatic rings. The molecule has 17 heavy (non-hydrogen) atoms. The maximum atomic E-state index is 4.81. The first-order valence-corrected chi connectivity index (χ1v) is 7.63. The topological polar surface area (TPSA) is 25.8 Å². The summed E-state index contributed by atoms with van der Waals surface area (Å²) in [6.07, 6.45) is 1.18. The van der Waals surface area contributed by atoms with Gasteiger partial charge in [-0.15, -0.1) is 0 Å². The van der Waals surface area contributed by atoms with E-state index < -0.39 is 0 Å². The second kappa shape index (κ2) is 3.51. The van der Waals surface area contributed by atoms with Crippen LogP contribution < -0.4 is 0 Å². The molecular formula is C13H10Br2N2. The van der Waals surface area contributed by atoms with Gasteiger partial charge in [0.05, 0.1) is 22.4 Å². The maximum absolute atomic E-state index is 4.81. The van der Waals surface area contributed by atoms with Crippen LogP contribution in [0.1, 0.15) is 29.6 Å². The predicted molar refractivity (Wildman–Crippen MR) is 75.1 cm³/mol. The Bertz CT molecular complexity index is 561. The first-order valence-electron chi connectivity index (χ1n) is 5.80. The van der Waals surface area contributed by atoms with Crippen molar-refractivity contribution in [2.45, 2.75) is 27.9 Å². The van der Waals surface area contributed by atoms with E-state index in [1.807, 2.05) is 24.3 Å². The number of fused-ring (bicyclic) bond motifs is 6. The molecule has 0 unspecified atom stereocenters. The molecule has 4 rings (SSSR count). The van der Waals surface area contributed by atoms with Crippen molar-refractivity contribution in [3.63, 3.8) is 0 Å². The summed E-state index contributed by atoms with van der Waals surface area (Å²) in [6.45, 7) is 0. The van der Waals surface area contributed by atoms with E-state index in [4.69, 9.17) is 9.97 Å². The smallest absolute Gasteiger partial charge is 0.0890 e. The lowest BCUT2D eigenvalue weighted by atomic mass is 10.00. The lowest BCUT2D eigenvalue weighted by Gasteiger charge is -2.23. The minimum absolute atomic E-state index is 0.496. The summed E-state index contributed by atoms with van der Waals surface area (Å²) in [4.78, 5) is 10.6. The summed E-state index contributed by atoms with van der Waals surface area (Å²) in [7, 11) is 0. The first-order chi connectivity index (χ1) is 8.25. The number of nitrogens with zero attached hydrogens (tertiary/aromatic N) is 2. The molecule has 86 valence electrons. The summed E-state index contributed by atoms with van der Waals surface area (Å²) in [5.41, 5.74) is 4.46. The van der Waals surface area contributed by atoms with Gasteiger partial charge in [-0.1, -0.05) is 44.0 Å². The minimum Gasteiger partial charge on any atom is -0.249 e. The molecule has 0 saturated heterocycles. The van der Waals surface area contributed by atoms with Gasteiger partial charge in [-0.2, -0.15) is 0 Å². The Morgan fingerprint density at radius 1 is 0.882 bits per heavy atom. The summed E-state index contributed by atoms with van der Waals surface area (Å²) in [6, 6.07) is 8.14. The van der Waals surface area contributed by atoms with Crippen LogP contribution in [0, 0.1) is 0 Å². The van der Waals surface area contributed by atoms with Gasteiger partial charge in [0.2, 0.25) is 0 Å². The van der Waals surface area contributed by atoms with Crippen LogP contribution in [0.25, 0.3) is 11.0 Å². The Morgan fingerprint density at radius 2 is 1.35 bits per heavy atom. The van der Waals surface area contributed by atoms with Gasteiger partial charge in [0, 0.05) is 21.5 Å². The molecule has 2 aromatic rings. The fraction of sp³-hybridized carbons (Fsp3) is 0.385. The molecule has 4 heteroatoms. The Labute approximate surface area is 116 Å². The van der Waals surface area contributed by atoms with Crippen LogP contribution in [0.15, 0.2) is 24.3 Å². The van der Waals surface area contributed by atoms with Crippen LogP contribution in [0.5, 0.6) is 0 Å². The van der Waals surface area contributed by atoms with E-state index in [1.165, 1.54) is 17.8 Å². The molecule has 0 radical (unpaired) electrons. The summed E-state index contributed by atoms with van der Waals surface area (Å²) >= 11 is 7.56. The van der Waals surface area contributed by atoms with Gasteiger partial charge >= 0.3 is 0 Å². The highest BCUT2D eigenvalue weighted by molar-refractivity contribution is 9.12. The van der Waals surface area contributed by atoms with Crippen LogP contribution in [-0.2, 0) is 0 Å². The van der Waals surface area contributed by atoms with E-state index in [-0.39, 0.29) is 0 Å². The number of aromatic nitrogens is 2. The van der Waals surface area contributed by atoms with Gasteiger partial charge in [-0.05, 0) is 18.6 Å². The highest BCUT2D eigenvalue weighted by Crippen LogP contribution is 2.57. The van der Waals surface area contributed by atoms with Gasteiger partial charge in [-0.3, -0.25) is 0 Å². The predicted octanol–water partition coefficient (Wildman–Crippen LogP) is 3.74. The number of hydrogen-bond acceptors (Lipinski definition) is 2. The van der Waals surface area contributed by atoms with Crippen molar-refractivity contribution in [2.24, 2.45) is 0 Å². The average molecular weight is 354 g/mol. The van der Waals surface area contributed by atoms with E-state index in [2.05, 4.69) is 31.9 Å². The highest BCUT2D eigenvalue weighted by Gasteiger charge is 2.51. The number of benzene rings is 1. The fourth-order valence-corrected chi connectivity index (χ4v) is 4.74. The molecule has 4 atom stereocenters. The zero-order valence-electron chi connectivity index (χ0n) is 8.98. The van der Waals surface area contributed by atoms with E-state index in [0.29, 0.717) is 21.5 Å². The molecule has 0 spiro atoms. The Balaban J connectivity index is 1.99. The highest BCUT2D eigenvalue weighted by atomic mass is 79.9. The molecule has 1 aromatic heterocycles. The molecule has 0 N–H and O–H groups in total. The molecule has 1 fully saturated rings. The average Bonchev–Trinajstić information content (AvgIpc) is 2.85. The number of hydrogen-bond donors (Lipinski definition) is 0. The Hall–Kier alpha value is -0.480. The van der Waals surface area contributed by atoms with Gasteiger partial charge in [0.25, 0.3) is 0 Å². The van der Waals surface area contributed by atoms with Crippen molar-refractivity contribution in [1.29, 1.82) is 0 Å². The normalized spacial score (nSPS) is 34.2. The molecular weight excluding hydrogens is 344 g/mol. The van der Waals surface area contributed by atoms with Crippen LogP contribution in [0.2, 0.25) is 0 Å². The fourth-order valence-electron chi connectivity index (χ4n) is 3.08. The number of rotatable bonds is 0.